The predicted molar refractivity (Wildman–Crippen MR) is 85.8 cm³/mol. The number of halogens is 3. The number of pyridine rings is 1. The predicted octanol–water partition coefficient (Wildman–Crippen LogP) is 3.17. The van der Waals surface area contributed by atoms with E-state index in [1.54, 1.807) is 25.7 Å². The second kappa shape index (κ2) is 6.97. The van der Waals surface area contributed by atoms with Crippen molar-refractivity contribution >= 4 is 11.9 Å². The molecule has 140 valence electrons. The smallest absolute Gasteiger partial charge is 0.421 e. The molecule has 9 heteroatoms. The lowest BCUT2D eigenvalue weighted by Crippen LogP contribution is -2.50. The van der Waals surface area contributed by atoms with E-state index in [9.17, 15) is 18.0 Å². The molecule has 1 aromatic heterocycles. The van der Waals surface area contributed by atoms with Gasteiger partial charge in [0, 0.05) is 38.4 Å². The second-order valence-electron chi connectivity index (χ2n) is 6.69. The van der Waals surface area contributed by atoms with Crippen molar-refractivity contribution in [1.82, 2.24) is 9.88 Å². The van der Waals surface area contributed by atoms with Gasteiger partial charge in [-0.2, -0.15) is 13.2 Å². The maximum Gasteiger partial charge on any atom is 0.421 e. The molecule has 0 unspecified atom stereocenters. The Kier molecular flexibility index (Phi) is 5.34. The van der Waals surface area contributed by atoms with Crippen molar-refractivity contribution in [3.63, 3.8) is 0 Å². The molecule has 0 bridgehead atoms. The van der Waals surface area contributed by atoms with E-state index >= 15 is 0 Å². The van der Waals surface area contributed by atoms with Crippen molar-refractivity contribution in [2.24, 2.45) is 0 Å². The van der Waals surface area contributed by atoms with Gasteiger partial charge in [-0.3, -0.25) is 0 Å². The Balaban J connectivity index is 2.05. The lowest BCUT2D eigenvalue weighted by molar-refractivity contribution is -0.139. The maximum atomic E-state index is 12.9. The van der Waals surface area contributed by atoms with Crippen LogP contribution in [-0.4, -0.2) is 54.9 Å². The molecule has 0 spiro atoms. The van der Waals surface area contributed by atoms with E-state index in [4.69, 9.17) is 9.47 Å². The lowest BCUT2D eigenvalue weighted by atomic mass is 10.2. The van der Waals surface area contributed by atoms with Gasteiger partial charge in [-0.05, 0) is 20.8 Å². The van der Waals surface area contributed by atoms with Gasteiger partial charge in [-0.15, -0.1) is 0 Å². The molecule has 1 fully saturated rings. The molecule has 1 aliphatic rings. The Labute approximate surface area is 144 Å². The first-order valence-electron chi connectivity index (χ1n) is 7.85. The SMILES string of the molecule is COc1cc(N2CCN(C(=O)OC(C)(C)C)CC2)ncc1C(F)(F)F. The molecule has 0 aromatic carbocycles. The number of alkyl halides is 3. The van der Waals surface area contributed by atoms with Crippen LogP contribution in [0, 0.1) is 0 Å². The molecule has 1 amide bonds. The highest BCUT2D eigenvalue weighted by atomic mass is 19.4. The Morgan fingerprint density at radius 1 is 1.16 bits per heavy atom. The van der Waals surface area contributed by atoms with Crippen molar-refractivity contribution in [3.05, 3.63) is 17.8 Å². The largest absolute Gasteiger partial charge is 0.496 e. The fourth-order valence-electron chi connectivity index (χ4n) is 2.43. The zero-order valence-corrected chi connectivity index (χ0v) is 14.7. The molecule has 0 N–H and O–H groups in total. The Morgan fingerprint density at radius 3 is 2.24 bits per heavy atom. The first kappa shape index (κ1) is 19.1. The fraction of sp³-hybridized carbons (Fsp3) is 0.625. The van der Waals surface area contributed by atoms with E-state index in [1.807, 2.05) is 4.90 Å². The van der Waals surface area contributed by atoms with E-state index in [2.05, 4.69) is 4.98 Å². The van der Waals surface area contributed by atoms with Gasteiger partial charge in [0.05, 0.1) is 7.11 Å². The van der Waals surface area contributed by atoms with Crippen molar-refractivity contribution in [2.75, 3.05) is 38.2 Å². The quantitative estimate of drug-likeness (QED) is 0.810. The van der Waals surface area contributed by atoms with Crippen LogP contribution in [0.25, 0.3) is 0 Å². The zero-order chi connectivity index (χ0) is 18.8. The number of hydrogen-bond acceptors (Lipinski definition) is 5. The van der Waals surface area contributed by atoms with Gasteiger partial charge in [0.15, 0.2) is 0 Å². The molecule has 2 rings (SSSR count). The average Bonchev–Trinajstić information content (AvgIpc) is 2.52. The van der Waals surface area contributed by atoms with Crippen LogP contribution in [-0.2, 0) is 10.9 Å². The topological polar surface area (TPSA) is 54.9 Å². The molecular weight excluding hydrogens is 339 g/mol. The molecule has 0 radical (unpaired) electrons. The minimum atomic E-state index is -4.52. The van der Waals surface area contributed by atoms with E-state index in [1.165, 1.54) is 13.2 Å². The van der Waals surface area contributed by atoms with Crippen LogP contribution in [0.3, 0.4) is 0 Å². The normalized spacial score (nSPS) is 16.0. The molecule has 6 nitrogen and oxygen atoms in total. The van der Waals surface area contributed by atoms with Crippen LogP contribution < -0.4 is 9.64 Å². The van der Waals surface area contributed by atoms with E-state index in [0.29, 0.717) is 32.0 Å². The summed E-state index contributed by atoms with van der Waals surface area (Å²) in [5.41, 5.74) is -1.48. The average molecular weight is 361 g/mol. The summed E-state index contributed by atoms with van der Waals surface area (Å²) in [7, 11) is 1.19. The molecule has 2 heterocycles. The number of aromatic nitrogens is 1. The highest BCUT2D eigenvalue weighted by molar-refractivity contribution is 5.68. The number of nitrogens with zero attached hydrogens (tertiary/aromatic N) is 3. The van der Waals surface area contributed by atoms with E-state index < -0.39 is 23.4 Å². The summed E-state index contributed by atoms with van der Waals surface area (Å²) < 4.78 is 48.8. The molecule has 0 saturated carbocycles. The summed E-state index contributed by atoms with van der Waals surface area (Å²) in [4.78, 5) is 19.3. The monoisotopic (exact) mass is 361 g/mol. The number of ether oxygens (including phenoxy) is 2. The first-order valence-corrected chi connectivity index (χ1v) is 7.85. The minimum absolute atomic E-state index is 0.271. The van der Waals surface area contributed by atoms with E-state index in [0.717, 1.165) is 6.20 Å². The second-order valence-corrected chi connectivity index (χ2v) is 6.69. The summed E-state index contributed by atoms with van der Waals surface area (Å²) in [5, 5.41) is 0. The third kappa shape index (κ3) is 4.90. The third-order valence-corrected chi connectivity index (χ3v) is 3.63. The van der Waals surface area contributed by atoms with Crippen LogP contribution in [0.4, 0.5) is 23.8 Å². The van der Waals surface area contributed by atoms with Crippen LogP contribution in [0.15, 0.2) is 12.3 Å². The maximum absolute atomic E-state index is 12.9. The highest BCUT2D eigenvalue weighted by Crippen LogP contribution is 2.37. The van der Waals surface area contributed by atoms with Crippen LogP contribution >= 0.6 is 0 Å². The molecule has 0 aliphatic carbocycles. The summed E-state index contributed by atoms with van der Waals surface area (Å²) in [6.07, 6.45) is -4.15. The fourth-order valence-corrected chi connectivity index (χ4v) is 2.43. The van der Waals surface area contributed by atoms with Crippen molar-refractivity contribution < 1.29 is 27.4 Å². The number of piperazine rings is 1. The molecule has 25 heavy (non-hydrogen) atoms. The number of methoxy groups -OCH3 is 1. The molecule has 1 saturated heterocycles. The number of rotatable bonds is 2. The van der Waals surface area contributed by atoms with E-state index in [-0.39, 0.29) is 5.75 Å². The van der Waals surface area contributed by atoms with Crippen LogP contribution in [0.2, 0.25) is 0 Å². The standard InChI is InChI=1S/C16H22F3N3O3/c1-15(2,3)25-14(23)22-7-5-21(6-8-22)13-9-12(24-4)11(10-20-13)16(17,18)19/h9-10H,5-8H2,1-4H3. The molecule has 1 aliphatic heterocycles. The molecule has 1 aromatic rings. The van der Waals surface area contributed by atoms with Gasteiger partial charge in [0.1, 0.15) is 22.7 Å². The lowest BCUT2D eigenvalue weighted by Gasteiger charge is -2.36. The molecular formula is C16H22F3N3O3. The van der Waals surface area contributed by atoms with Gasteiger partial charge in [0.25, 0.3) is 0 Å². The van der Waals surface area contributed by atoms with Gasteiger partial charge >= 0.3 is 12.3 Å². The Hall–Kier alpha value is -2.19. The highest BCUT2D eigenvalue weighted by Gasteiger charge is 2.35. The zero-order valence-electron chi connectivity index (χ0n) is 14.7. The van der Waals surface area contributed by atoms with Crippen molar-refractivity contribution in [1.29, 1.82) is 0 Å². The number of anilines is 1. The summed E-state index contributed by atoms with van der Waals surface area (Å²) in [6.45, 7) is 7.07. The van der Waals surface area contributed by atoms with Crippen molar-refractivity contribution in [2.45, 2.75) is 32.5 Å². The summed E-state index contributed by atoms with van der Waals surface area (Å²) in [5.74, 6) is 0.112. The minimum Gasteiger partial charge on any atom is -0.496 e. The van der Waals surface area contributed by atoms with Gasteiger partial charge < -0.3 is 19.3 Å². The van der Waals surface area contributed by atoms with Gasteiger partial charge in [-0.25, -0.2) is 9.78 Å². The number of amides is 1. The van der Waals surface area contributed by atoms with Crippen LogP contribution in [0.5, 0.6) is 5.75 Å². The first-order chi connectivity index (χ1) is 11.5. The third-order valence-electron chi connectivity index (χ3n) is 3.63. The summed E-state index contributed by atoms with van der Waals surface area (Å²) >= 11 is 0. The number of carbonyl (C=O) groups excluding carboxylic acids is 1. The number of carbonyl (C=O) groups is 1. The van der Waals surface area contributed by atoms with Gasteiger partial charge in [0.2, 0.25) is 0 Å². The Morgan fingerprint density at radius 2 is 1.76 bits per heavy atom. The van der Waals surface area contributed by atoms with Crippen molar-refractivity contribution in [3.8, 4) is 5.75 Å². The number of hydrogen-bond donors (Lipinski definition) is 0. The summed E-state index contributed by atoms with van der Waals surface area (Å²) in [6, 6.07) is 1.27. The van der Waals surface area contributed by atoms with Gasteiger partial charge in [-0.1, -0.05) is 0 Å². The van der Waals surface area contributed by atoms with Crippen LogP contribution in [0.1, 0.15) is 26.3 Å². The molecule has 0 atom stereocenters. The Bertz CT molecular complexity index is 621.